The second-order valence-corrected chi connectivity index (χ2v) is 18.8. The van der Waals surface area contributed by atoms with Crippen molar-refractivity contribution in [3.63, 3.8) is 0 Å². The van der Waals surface area contributed by atoms with E-state index in [0.29, 0.717) is 0 Å². The van der Waals surface area contributed by atoms with Gasteiger partial charge in [-0.15, -0.1) is 12.4 Å². The molecule has 352 valence electrons. The molecule has 62 heavy (non-hydrogen) atoms. The third kappa shape index (κ3) is 16.3. The van der Waals surface area contributed by atoms with Crippen LogP contribution in [-0.4, -0.2) is 130 Å². The molecule has 3 aliphatic carbocycles. The van der Waals surface area contributed by atoms with Gasteiger partial charge >= 0.3 is 0 Å². The van der Waals surface area contributed by atoms with E-state index in [4.69, 9.17) is 14.2 Å². The van der Waals surface area contributed by atoms with Gasteiger partial charge in [0.05, 0.1) is 38.1 Å². The molecule has 6 rings (SSSR count). The fraction of sp³-hybridized carbons (Fsp3) is 0.654. The lowest BCUT2D eigenvalue weighted by Crippen LogP contribution is -2.42. The standard InChI is InChI=1S/3C17H27NO2.CH4.ClH/c3*1-18(2)13-16(17(19)11-5-4-6-12-17)14-7-9-15(20-3)10-8-14;;/h3*7-10,16,19H,4-6,11-13H2,1-3H3;1H4;1H/t2*16-;;;/m11.../s1. The minimum Gasteiger partial charge on any atom is -0.497 e. The maximum atomic E-state index is 11.1. The van der Waals surface area contributed by atoms with Crippen molar-refractivity contribution in [3.8, 4) is 17.2 Å². The molecule has 9 nitrogen and oxygen atoms in total. The van der Waals surface area contributed by atoms with Crippen LogP contribution in [0, 0.1) is 0 Å². The van der Waals surface area contributed by atoms with Crippen molar-refractivity contribution in [1.82, 2.24) is 14.7 Å². The molecule has 0 radical (unpaired) electrons. The second kappa shape index (κ2) is 26.8. The Hall–Kier alpha value is -2.89. The molecule has 3 aromatic rings. The Morgan fingerprint density at radius 3 is 0.758 bits per heavy atom. The van der Waals surface area contributed by atoms with Crippen molar-refractivity contribution in [1.29, 1.82) is 0 Å². The summed E-state index contributed by atoms with van der Waals surface area (Å²) >= 11 is 0. The van der Waals surface area contributed by atoms with E-state index in [-0.39, 0.29) is 37.6 Å². The van der Waals surface area contributed by atoms with Crippen LogP contribution in [0.15, 0.2) is 72.8 Å². The third-order valence-corrected chi connectivity index (χ3v) is 13.3. The zero-order chi connectivity index (χ0) is 43.8. The Bertz CT molecular complexity index is 1420. The number of hydrogen-bond acceptors (Lipinski definition) is 9. The Kier molecular flexibility index (Phi) is 23.9. The lowest BCUT2D eigenvalue weighted by Gasteiger charge is -2.40. The van der Waals surface area contributed by atoms with E-state index in [1.54, 1.807) is 21.3 Å². The lowest BCUT2D eigenvalue weighted by molar-refractivity contribution is -0.0280. The zero-order valence-corrected chi connectivity index (χ0v) is 40.0. The molecule has 0 saturated heterocycles. The number of benzene rings is 3. The molecule has 3 aromatic carbocycles. The molecule has 3 fully saturated rings. The van der Waals surface area contributed by atoms with Gasteiger partial charge in [-0.05, 0) is 134 Å². The number of methoxy groups -OCH3 is 3. The number of hydrogen-bond donors (Lipinski definition) is 3. The Morgan fingerprint density at radius 2 is 0.597 bits per heavy atom. The summed E-state index contributed by atoms with van der Waals surface area (Å²) in [6.45, 7) is 2.63. The number of nitrogens with zero attached hydrogens (tertiary/aromatic N) is 3. The van der Waals surface area contributed by atoms with Gasteiger partial charge in [-0.2, -0.15) is 0 Å². The van der Waals surface area contributed by atoms with E-state index in [2.05, 4.69) is 93.4 Å². The van der Waals surface area contributed by atoms with Crippen LogP contribution in [0.4, 0.5) is 0 Å². The van der Waals surface area contributed by atoms with Crippen molar-refractivity contribution >= 4 is 12.4 Å². The van der Waals surface area contributed by atoms with Crippen LogP contribution < -0.4 is 14.2 Å². The molecule has 10 heteroatoms. The minimum absolute atomic E-state index is 0. The molecular formula is C52H86ClN3O6. The Balaban J connectivity index is 0.000000315. The topological polar surface area (TPSA) is 98.1 Å². The molecule has 3 N–H and O–H groups in total. The third-order valence-electron chi connectivity index (χ3n) is 13.3. The second-order valence-electron chi connectivity index (χ2n) is 18.8. The smallest absolute Gasteiger partial charge is 0.118 e. The van der Waals surface area contributed by atoms with Crippen molar-refractivity contribution in [3.05, 3.63) is 89.5 Å². The van der Waals surface area contributed by atoms with E-state index in [9.17, 15) is 15.3 Å². The summed E-state index contributed by atoms with van der Waals surface area (Å²) in [5, 5.41) is 33.3. The van der Waals surface area contributed by atoms with Crippen molar-refractivity contribution < 1.29 is 29.5 Å². The van der Waals surface area contributed by atoms with Crippen LogP contribution in [0.2, 0.25) is 0 Å². The summed E-state index contributed by atoms with van der Waals surface area (Å²) in [6.07, 6.45) is 16.0. The summed E-state index contributed by atoms with van der Waals surface area (Å²) in [6, 6.07) is 24.5. The van der Waals surface area contributed by atoms with Crippen LogP contribution >= 0.6 is 12.4 Å². The van der Waals surface area contributed by atoms with E-state index in [1.165, 1.54) is 36.0 Å². The lowest BCUT2D eigenvalue weighted by atomic mass is 9.72. The normalized spacial score (nSPS) is 19.2. The largest absolute Gasteiger partial charge is 0.497 e. The summed E-state index contributed by atoms with van der Waals surface area (Å²) in [4.78, 5) is 6.50. The molecule has 3 saturated carbocycles. The number of rotatable bonds is 15. The van der Waals surface area contributed by atoms with Gasteiger partial charge in [0.1, 0.15) is 17.2 Å². The van der Waals surface area contributed by atoms with E-state index >= 15 is 0 Å². The number of ether oxygens (including phenoxy) is 3. The zero-order valence-electron chi connectivity index (χ0n) is 39.2. The molecule has 3 aliphatic rings. The SMILES string of the molecule is C.COc1ccc(C(CN(C)C)C2(O)CCCCC2)cc1.COc1ccc([C@@H](CN(C)C)C2(O)CCCCC2)cc1.COc1ccc([C@@H](CN(C)C)C2(O)CCCCC2)cc1.Cl. The van der Waals surface area contributed by atoms with Gasteiger partial charge < -0.3 is 44.2 Å². The fourth-order valence-corrected chi connectivity index (χ4v) is 9.90. The minimum atomic E-state index is -0.558. The van der Waals surface area contributed by atoms with Crippen molar-refractivity contribution in [2.45, 2.75) is 138 Å². The average Bonchev–Trinajstić information content (AvgIpc) is 3.25. The summed E-state index contributed by atoms with van der Waals surface area (Å²) < 4.78 is 15.7. The van der Waals surface area contributed by atoms with Crippen LogP contribution in [0.3, 0.4) is 0 Å². The Morgan fingerprint density at radius 1 is 0.403 bits per heavy atom. The molecule has 0 heterocycles. The first-order valence-electron chi connectivity index (χ1n) is 22.7. The van der Waals surface area contributed by atoms with Gasteiger partial charge in [0.2, 0.25) is 0 Å². The van der Waals surface area contributed by atoms with Crippen LogP contribution in [0.5, 0.6) is 17.2 Å². The van der Waals surface area contributed by atoms with Gasteiger partial charge in [0.25, 0.3) is 0 Å². The van der Waals surface area contributed by atoms with Gasteiger partial charge in [0, 0.05) is 37.4 Å². The summed E-state index contributed by atoms with van der Waals surface area (Å²) in [5.41, 5.74) is 1.96. The predicted octanol–water partition coefficient (Wildman–Crippen LogP) is 10.2. The fourth-order valence-electron chi connectivity index (χ4n) is 9.90. The number of halogens is 1. The number of likely N-dealkylation sites (N-methyl/N-ethyl adjacent to an activating group) is 3. The van der Waals surface area contributed by atoms with Gasteiger partial charge in [0.15, 0.2) is 0 Å². The van der Waals surface area contributed by atoms with Crippen LogP contribution in [0.25, 0.3) is 0 Å². The molecule has 0 spiro atoms. The molecule has 0 aliphatic heterocycles. The molecule has 3 atom stereocenters. The maximum absolute atomic E-state index is 11.1. The highest BCUT2D eigenvalue weighted by atomic mass is 35.5. The maximum Gasteiger partial charge on any atom is 0.118 e. The Labute approximate surface area is 383 Å². The highest BCUT2D eigenvalue weighted by Crippen LogP contribution is 2.43. The highest BCUT2D eigenvalue weighted by Gasteiger charge is 2.41. The molecule has 0 amide bonds. The first-order chi connectivity index (χ1) is 28.6. The quantitative estimate of drug-likeness (QED) is 0.138. The molecular weight excluding hydrogens is 798 g/mol. The summed E-state index contributed by atoms with van der Waals surface area (Å²) in [5.74, 6) is 3.12. The predicted molar refractivity (Wildman–Crippen MR) is 261 cm³/mol. The molecule has 1 unspecified atom stereocenters. The number of aliphatic hydroxyl groups is 3. The average molecular weight is 885 g/mol. The highest BCUT2D eigenvalue weighted by molar-refractivity contribution is 5.85. The van der Waals surface area contributed by atoms with Gasteiger partial charge in [-0.1, -0.05) is 102 Å². The van der Waals surface area contributed by atoms with Gasteiger partial charge in [-0.3, -0.25) is 0 Å². The monoisotopic (exact) mass is 884 g/mol. The van der Waals surface area contributed by atoms with Crippen molar-refractivity contribution in [2.24, 2.45) is 0 Å². The molecule has 0 bridgehead atoms. The van der Waals surface area contributed by atoms with Gasteiger partial charge in [-0.25, -0.2) is 0 Å². The van der Waals surface area contributed by atoms with E-state index in [1.807, 2.05) is 36.4 Å². The first kappa shape index (κ1) is 55.2. The first-order valence-corrected chi connectivity index (χ1v) is 22.7. The van der Waals surface area contributed by atoms with Crippen LogP contribution in [-0.2, 0) is 0 Å². The van der Waals surface area contributed by atoms with E-state index in [0.717, 1.165) is 114 Å². The van der Waals surface area contributed by atoms with Crippen LogP contribution in [0.1, 0.15) is 138 Å². The van der Waals surface area contributed by atoms with Crippen molar-refractivity contribution in [2.75, 3.05) is 83.2 Å². The molecule has 0 aromatic heterocycles. The van der Waals surface area contributed by atoms with E-state index < -0.39 is 16.8 Å². The summed E-state index contributed by atoms with van der Waals surface area (Å²) in [7, 11) is 17.5.